The number of hydrogen-bond donors (Lipinski definition) is 4. The molecule has 4 aliphatic rings. The number of amides is 1. The van der Waals surface area contributed by atoms with Gasteiger partial charge >= 0.3 is 0 Å². The number of primary amides is 1. The normalized spacial score (nSPS) is 28.7. The van der Waals surface area contributed by atoms with Crippen molar-refractivity contribution in [1.82, 2.24) is 4.98 Å². The lowest BCUT2D eigenvalue weighted by molar-refractivity contribution is 0.0105. The maximum absolute atomic E-state index is 11.3. The Kier molecular flexibility index (Phi) is 4.31. The predicted octanol–water partition coefficient (Wildman–Crippen LogP) is 3.76. The van der Waals surface area contributed by atoms with Crippen LogP contribution in [0.2, 0.25) is 0 Å². The first kappa shape index (κ1) is 18.7. The van der Waals surface area contributed by atoms with E-state index in [1.807, 2.05) is 0 Å². The van der Waals surface area contributed by atoms with Gasteiger partial charge in [0.1, 0.15) is 23.3 Å². The van der Waals surface area contributed by atoms with Gasteiger partial charge in [-0.05, 0) is 80.5 Å². The molecule has 0 unspecified atom stereocenters. The zero-order valence-electron chi connectivity index (χ0n) is 16.8. The second-order valence-corrected chi connectivity index (χ2v) is 9.32. The largest absolute Gasteiger partial charge is 0.397 e. The Morgan fingerprint density at radius 3 is 2.23 bits per heavy atom. The summed E-state index contributed by atoms with van der Waals surface area (Å²) in [5.74, 6) is 3.02. The summed E-state index contributed by atoms with van der Waals surface area (Å²) in [5.41, 5.74) is 13.6. The molecule has 2 aromatic rings. The Balaban J connectivity index is 1.43. The molecule has 0 saturated heterocycles. The number of carbonyl (C=O) groups is 1. The fourth-order valence-corrected chi connectivity index (χ4v) is 6.22. The summed E-state index contributed by atoms with van der Waals surface area (Å²) in [7, 11) is 0. The maximum atomic E-state index is 11.3. The Bertz CT molecular complexity index is 1000. The Morgan fingerprint density at radius 1 is 1.10 bits per heavy atom. The van der Waals surface area contributed by atoms with Crippen molar-refractivity contribution in [2.45, 2.75) is 44.1 Å². The van der Waals surface area contributed by atoms with E-state index in [0.717, 1.165) is 42.7 Å². The lowest BCUT2D eigenvalue weighted by Gasteiger charge is -2.57. The second kappa shape index (κ2) is 6.91. The summed E-state index contributed by atoms with van der Waals surface area (Å²) in [4.78, 5) is 16.0. The minimum Gasteiger partial charge on any atom is -0.397 e. The van der Waals surface area contributed by atoms with E-state index in [-0.39, 0.29) is 5.54 Å². The molecule has 4 fully saturated rings. The van der Waals surface area contributed by atoms with E-state index >= 15 is 0 Å². The molecule has 7 heteroatoms. The first-order chi connectivity index (χ1) is 14.4. The molecule has 4 aliphatic carbocycles. The number of pyridine rings is 1. The number of hydrogen-bond acceptors (Lipinski definition) is 6. The van der Waals surface area contributed by atoms with E-state index in [1.54, 1.807) is 30.3 Å². The average Bonchev–Trinajstić information content (AvgIpc) is 2.67. The van der Waals surface area contributed by atoms with E-state index < -0.39 is 5.91 Å². The highest BCUT2D eigenvalue weighted by atomic mass is 16.1. The zero-order chi connectivity index (χ0) is 20.9. The molecule has 30 heavy (non-hydrogen) atoms. The van der Waals surface area contributed by atoms with Gasteiger partial charge in [-0.15, -0.1) is 0 Å². The number of carbonyl (C=O) groups excluding carboxylic acids is 1. The van der Waals surface area contributed by atoms with E-state index in [1.165, 1.54) is 19.3 Å². The first-order valence-corrected chi connectivity index (χ1v) is 10.6. The van der Waals surface area contributed by atoms with Crippen LogP contribution in [0.3, 0.4) is 0 Å². The fraction of sp³-hybridized carbons (Fsp3) is 0.435. The molecule has 1 aromatic heterocycles. The molecule has 154 valence electrons. The third kappa shape index (κ3) is 3.32. The summed E-state index contributed by atoms with van der Waals surface area (Å²) in [5, 5.41) is 16.6. The molecule has 6 rings (SSSR count). The Morgan fingerprint density at radius 2 is 1.70 bits per heavy atom. The highest BCUT2D eigenvalue weighted by Gasteiger charge is 2.51. The predicted molar refractivity (Wildman–Crippen MR) is 116 cm³/mol. The third-order valence-electron chi connectivity index (χ3n) is 7.03. The molecule has 0 spiro atoms. The van der Waals surface area contributed by atoms with Gasteiger partial charge in [-0.3, -0.25) is 4.79 Å². The fourth-order valence-electron chi connectivity index (χ4n) is 6.22. The summed E-state index contributed by atoms with van der Waals surface area (Å²) in [6.45, 7) is 0. The van der Waals surface area contributed by atoms with Crippen LogP contribution >= 0.6 is 0 Å². The highest BCUT2D eigenvalue weighted by molar-refractivity contribution is 5.93. The summed E-state index contributed by atoms with van der Waals surface area (Å²) in [6.07, 6.45) is 7.51. The third-order valence-corrected chi connectivity index (χ3v) is 7.03. The summed E-state index contributed by atoms with van der Waals surface area (Å²) in [6, 6.07) is 10.8. The van der Waals surface area contributed by atoms with E-state index in [2.05, 4.69) is 16.7 Å². The number of aromatic nitrogens is 1. The summed E-state index contributed by atoms with van der Waals surface area (Å²) >= 11 is 0. The van der Waals surface area contributed by atoms with Gasteiger partial charge in [0.05, 0.1) is 5.69 Å². The molecular weight excluding hydrogens is 376 g/mol. The van der Waals surface area contributed by atoms with Gasteiger partial charge in [-0.25, -0.2) is 4.98 Å². The number of nitrogens with zero attached hydrogens (tertiary/aromatic N) is 2. The second-order valence-electron chi connectivity index (χ2n) is 9.32. The highest BCUT2D eigenvalue weighted by Crippen LogP contribution is 2.56. The van der Waals surface area contributed by atoms with Crippen molar-refractivity contribution in [3.63, 3.8) is 0 Å². The van der Waals surface area contributed by atoms with Crippen LogP contribution in [0.4, 0.5) is 23.0 Å². The number of rotatable bonds is 5. The van der Waals surface area contributed by atoms with Gasteiger partial charge in [-0.1, -0.05) is 0 Å². The number of benzene rings is 1. The minimum atomic E-state index is -0.468. The lowest BCUT2D eigenvalue weighted by atomic mass is 9.53. The number of nitrogens with two attached hydrogens (primary N) is 2. The molecule has 7 nitrogen and oxygen atoms in total. The van der Waals surface area contributed by atoms with Crippen molar-refractivity contribution in [2.75, 3.05) is 16.4 Å². The number of anilines is 4. The molecule has 4 bridgehead atoms. The van der Waals surface area contributed by atoms with Gasteiger partial charge in [0.2, 0.25) is 5.91 Å². The number of nitrogens with one attached hydrogen (secondary N) is 2. The zero-order valence-corrected chi connectivity index (χ0v) is 16.8. The van der Waals surface area contributed by atoms with E-state index in [4.69, 9.17) is 16.5 Å². The van der Waals surface area contributed by atoms with Gasteiger partial charge in [0.25, 0.3) is 0 Å². The molecular formula is C23H26N6O. The monoisotopic (exact) mass is 402 g/mol. The SMILES string of the molecule is N#Cc1c(N)cc(Nc2ccc(C(N)=O)cc2)nc1NC12CC3CC(CC(C3)C1)C2. The smallest absolute Gasteiger partial charge is 0.248 e. The van der Waals surface area contributed by atoms with Gasteiger partial charge in [0.15, 0.2) is 0 Å². The molecule has 0 atom stereocenters. The van der Waals surface area contributed by atoms with Crippen molar-refractivity contribution < 1.29 is 4.79 Å². The lowest BCUT2D eigenvalue weighted by Crippen LogP contribution is -2.55. The van der Waals surface area contributed by atoms with E-state index in [0.29, 0.717) is 28.5 Å². The molecule has 0 aliphatic heterocycles. The van der Waals surface area contributed by atoms with Crippen molar-refractivity contribution in [3.8, 4) is 6.07 Å². The Labute approximate surface area is 175 Å². The van der Waals surface area contributed by atoms with Crippen LogP contribution in [0.5, 0.6) is 0 Å². The van der Waals surface area contributed by atoms with Gasteiger partial charge < -0.3 is 22.1 Å². The van der Waals surface area contributed by atoms with Crippen LogP contribution < -0.4 is 22.1 Å². The van der Waals surface area contributed by atoms with Gasteiger partial charge in [0, 0.05) is 22.9 Å². The molecule has 4 saturated carbocycles. The quantitative estimate of drug-likeness (QED) is 0.602. The topological polar surface area (TPSA) is 130 Å². The van der Waals surface area contributed by atoms with E-state index in [9.17, 15) is 10.1 Å². The standard InChI is InChI=1S/C23H26N6O/c24-12-18-19(25)8-20(27-17-3-1-16(2-4-17)21(26)30)28-22(18)29-23-9-13-5-14(10-23)7-15(6-13)11-23/h1-4,8,13-15H,5-7,9-11H2,(H2,26,30)(H4,25,27,28,29). The van der Waals surface area contributed by atoms with Crippen LogP contribution in [0.1, 0.15) is 54.4 Å². The molecule has 0 radical (unpaired) electrons. The van der Waals surface area contributed by atoms with Crippen LogP contribution in [0.25, 0.3) is 0 Å². The van der Waals surface area contributed by atoms with Crippen molar-refractivity contribution in [2.24, 2.45) is 23.5 Å². The average molecular weight is 403 g/mol. The summed E-state index contributed by atoms with van der Waals surface area (Å²) < 4.78 is 0. The molecule has 1 aromatic carbocycles. The number of nitriles is 1. The Hall–Kier alpha value is -3.27. The van der Waals surface area contributed by atoms with Gasteiger partial charge in [-0.2, -0.15) is 5.26 Å². The maximum Gasteiger partial charge on any atom is 0.248 e. The molecule has 6 N–H and O–H groups in total. The number of nitrogen functional groups attached to an aromatic ring is 1. The van der Waals surface area contributed by atoms with Crippen molar-refractivity contribution >= 4 is 28.9 Å². The first-order valence-electron chi connectivity index (χ1n) is 10.6. The van der Waals surface area contributed by atoms with Crippen LogP contribution in [-0.4, -0.2) is 16.4 Å². The van der Waals surface area contributed by atoms with Crippen molar-refractivity contribution in [3.05, 3.63) is 41.5 Å². The van der Waals surface area contributed by atoms with Crippen LogP contribution in [0.15, 0.2) is 30.3 Å². The molecule has 1 heterocycles. The van der Waals surface area contributed by atoms with Crippen molar-refractivity contribution in [1.29, 1.82) is 5.26 Å². The molecule has 1 amide bonds. The minimum absolute atomic E-state index is 0.0293. The van der Waals surface area contributed by atoms with Crippen LogP contribution in [-0.2, 0) is 0 Å². The van der Waals surface area contributed by atoms with Crippen LogP contribution in [0, 0.1) is 29.1 Å².